The van der Waals surface area contributed by atoms with Gasteiger partial charge in [0, 0.05) is 0 Å². The maximum atomic E-state index is 3.98. The van der Waals surface area contributed by atoms with Crippen LogP contribution < -0.4 is 0 Å². The summed E-state index contributed by atoms with van der Waals surface area (Å²) in [7, 11) is 0. The first-order valence-electron chi connectivity index (χ1n) is 4.29. The molecule has 1 fully saturated rings. The lowest BCUT2D eigenvalue weighted by Gasteiger charge is -2.04. The van der Waals surface area contributed by atoms with Crippen molar-refractivity contribution in [2.75, 3.05) is 0 Å². The topological polar surface area (TPSA) is 12.4 Å². The summed E-state index contributed by atoms with van der Waals surface area (Å²) >= 11 is 0. The fourth-order valence-corrected chi connectivity index (χ4v) is 1.20. The van der Waals surface area contributed by atoms with Gasteiger partial charge in [-0.15, -0.1) is 0 Å². The van der Waals surface area contributed by atoms with Gasteiger partial charge in [-0.05, 0) is 38.8 Å². The highest BCUT2D eigenvalue weighted by Crippen LogP contribution is 2.39. The van der Waals surface area contributed by atoms with Crippen LogP contribution in [0.2, 0.25) is 0 Å². The van der Waals surface area contributed by atoms with E-state index in [9.17, 15) is 0 Å². The molecular formula is C10H17N. The summed E-state index contributed by atoms with van der Waals surface area (Å²) in [6.07, 6.45) is 3.71. The normalized spacial score (nSPS) is 33.2. The summed E-state index contributed by atoms with van der Waals surface area (Å²) in [4.78, 5) is 3.98. The van der Waals surface area contributed by atoms with Crippen LogP contribution in [0.25, 0.3) is 0 Å². The van der Waals surface area contributed by atoms with Crippen LogP contribution in [-0.4, -0.2) is 12.8 Å². The average Bonchev–Trinajstić information content (AvgIpc) is 2.65. The van der Waals surface area contributed by atoms with Crippen molar-refractivity contribution in [2.45, 2.75) is 33.2 Å². The lowest BCUT2D eigenvalue weighted by molar-refractivity contribution is 0.832. The van der Waals surface area contributed by atoms with Crippen molar-refractivity contribution in [1.29, 1.82) is 0 Å². The Labute approximate surface area is 69.2 Å². The van der Waals surface area contributed by atoms with Crippen molar-refractivity contribution < 1.29 is 0 Å². The fraction of sp³-hybridized carbons (Fsp3) is 0.700. The van der Waals surface area contributed by atoms with Crippen molar-refractivity contribution in [3.05, 3.63) is 11.6 Å². The maximum Gasteiger partial charge on any atom is 0.0671 e. The molecule has 1 saturated carbocycles. The van der Waals surface area contributed by atoms with Gasteiger partial charge in [0.15, 0.2) is 0 Å². The Morgan fingerprint density at radius 1 is 1.73 bits per heavy atom. The van der Waals surface area contributed by atoms with E-state index in [0.717, 1.165) is 11.8 Å². The van der Waals surface area contributed by atoms with Gasteiger partial charge in [0.25, 0.3) is 0 Å². The van der Waals surface area contributed by atoms with Gasteiger partial charge in [-0.2, -0.15) is 0 Å². The monoisotopic (exact) mass is 151 g/mol. The van der Waals surface area contributed by atoms with E-state index < -0.39 is 0 Å². The van der Waals surface area contributed by atoms with Gasteiger partial charge in [-0.25, -0.2) is 0 Å². The molecule has 1 heteroatoms. The molecule has 11 heavy (non-hydrogen) atoms. The van der Waals surface area contributed by atoms with E-state index in [2.05, 4.69) is 38.6 Å². The van der Waals surface area contributed by atoms with Crippen LogP contribution in [0.5, 0.6) is 0 Å². The third-order valence-corrected chi connectivity index (χ3v) is 2.58. The first kappa shape index (κ1) is 8.51. The van der Waals surface area contributed by atoms with Gasteiger partial charge in [0.2, 0.25) is 0 Å². The molecule has 1 aliphatic rings. The van der Waals surface area contributed by atoms with E-state index in [4.69, 9.17) is 0 Å². The van der Waals surface area contributed by atoms with Crippen LogP contribution in [0, 0.1) is 11.8 Å². The summed E-state index contributed by atoms with van der Waals surface area (Å²) in [5.74, 6) is 1.74. The van der Waals surface area contributed by atoms with Gasteiger partial charge >= 0.3 is 0 Å². The molecule has 0 N–H and O–H groups in total. The zero-order valence-electron chi connectivity index (χ0n) is 7.67. The van der Waals surface area contributed by atoms with Gasteiger partial charge in [0.05, 0.1) is 6.04 Å². The van der Waals surface area contributed by atoms with Crippen LogP contribution in [0.15, 0.2) is 16.6 Å². The van der Waals surface area contributed by atoms with E-state index in [1.54, 1.807) is 0 Å². The number of rotatable bonds is 3. The smallest absolute Gasteiger partial charge is 0.0671 e. The number of hydrogen-bond acceptors (Lipinski definition) is 1. The number of aliphatic imine (C=N–C) groups is 1. The van der Waals surface area contributed by atoms with Gasteiger partial charge < -0.3 is 0 Å². The Bertz CT molecular complexity index is 181. The maximum absolute atomic E-state index is 3.98. The van der Waals surface area contributed by atoms with E-state index in [-0.39, 0.29) is 0 Å². The molecular weight excluding hydrogens is 134 g/mol. The SMILES string of the molecule is C=NC(C)/C(C)=C/C1CC1C. The minimum atomic E-state index is 0.308. The quantitative estimate of drug-likeness (QED) is 0.434. The Balaban J connectivity index is 2.45. The first-order chi connectivity index (χ1) is 5.15. The first-order valence-corrected chi connectivity index (χ1v) is 4.29. The highest BCUT2D eigenvalue weighted by molar-refractivity contribution is 5.27. The van der Waals surface area contributed by atoms with Gasteiger partial charge in [-0.3, -0.25) is 4.99 Å². The van der Waals surface area contributed by atoms with Crippen LogP contribution in [0.3, 0.4) is 0 Å². The molecule has 0 heterocycles. The van der Waals surface area contributed by atoms with Crippen molar-refractivity contribution >= 4 is 6.72 Å². The highest BCUT2D eigenvalue weighted by atomic mass is 14.7. The minimum absolute atomic E-state index is 0.308. The standard InChI is InChI=1S/C10H17N/c1-7(9(3)11-4)5-10-6-8(10)2/h5,8-10H,4,6H2,1-3H3/b7-5+. The summed E-state index contributed by atoms with van der Waals surface area (Å²) in [5, 5.41) is 0. The van der Waals surface area contributed by atoms with Crippen molar-refractivity contribution in [2.24, 2.45) is 16.8 Å². The third kappa shape index (κ3) is 2.18. The van der Waals surface area contributed by atoms with Crippen molar-refractivity contribution in [3.63, 3.8) is 0 Å². The summed E-state index contributed by atoms with van der Waals surface area (Å²) in [5.41, 5.74) is 1.37. The molecule has 0 amide bonds. The molecule has 62 valence electrons. The second-order valence-electron chi connectivity index (χ2n) is 3.65. The molecule has 0 aromatic heterocycles. The number of hydrogen-bond donors (Lipinski definition) is 0. The molecule has 1 aliphatic carbocycles. The Kier molecular flexibility index (Phi) is 2.48. The predicted molar refractivity (Wildman–Crippen MR) is 50.0 cm³/mol. The van der Waals surface area contributed by atoms with E-state index in [1.165, 1.54) is 12.0 Å². The molecule has 0 spiro atoms. The molecule has 3 unspecified atom stereocenters. The van der Waals surface area contributed by atoms with Crippen molar-refractivity contribution in [1.82, 2.24) is 0 Å². The van der Waals surface area contributed by atoms with Crippen LogP contribution in [-0.2, 0) is 0 Å². The molecule has 0 aliphatic heterocycles. The lowest BCUT2D eigenvalue weighted by atomic mass is 10.1. The Hall–Kier alpha value is -0.590. The molecule has 3 atom stereocenters. The predicted octanol–water partition coefficient (Wildman–Crippen LogP) is 2.68. The van der Waals surface area contributed by atoms with E-state index in [1.807, 2.05) is 0 Å². The average molecular weight is 151 g/mol. The van der Waals surface area contributed by atoms with Crippen molar-refractivity contribution in [3.8, 4) is 0 Å². The van der Waals surface area contributed by atoms with Crippen LogP contribution in [0.1, 0.15) is 27.2 Å². The Morgan fingerprint density at radius 2 is 2.27 bits per heavy atom. The molecule has 0 aromatic rings. The number of nitrogens with zero attached hydrogens (tertiary/aromatic N) is 1. The van der Waals surface area contributed by atoms with E-state index in [0.29, 0.717) is 6.04 Å². The van der Waals surface area contributed by atoms with Gasteiger partial charge in [-0.1, -0.05) is 18.6 Å². The largest absolute Gasteiger partial charge is 0.294 e. The lowest BCUT2D eigenvalue weighted by Crippen LogP contribution is -1.98. The summed E-state index contributed by atoms with van der Waals surface area (Å²) in [6, 6.07) is 0.308. The second-order valence-corrected chi connectivity index (χ2v) is 3.65. The van der Waals surface area contributed by atoms with Crippen LogP contribution in [0.4, 0.5) is 0 Å². The second kappa shape index (κ2) is 3.21. The number of allylic oxidation sites excluding steroid dienone is 1. The van der Waals surface area contributed by atoms with E-state index >= 15 is 0 Å². The summed E-state index contributed by atoms with van der Waals surface area (Å²) in [6.45, 7) is 10.1. The molecule has 1 rings (SSSR count). The fourth-order valence-electron chi connectivity index (χ4n) is 1.20. The summed E-state index contributed by atoms with van der Waals surface area (Å²) < 4.78 is 0. The minimum Gasteiger partial charge on any atom is -0.294 e. The molecule has 1 nitrogen and oxygen atoms in total. The molecule has 0 saturated heterocycles. The molecule has 0 radical (unpaired) electrons. The zero-order valence-corrected chi connectivity index (χ0v) is 7.67. The Morgan fingerprint density at radius 3 is 2.64 bits per heavy atom. The molecule has 0 bridgehead atoms. The highest BCUT2D eigenvalue weighted by Gasteiger charge is 2.30. The third-order valence-electron chi connectivity index (χ3n) is 2.58. The van der Waals surface area contributed by atoms with Gasteiger partial charge in [0.1, 0.15) is 0 Å². The molecule has 0 aromatic carbocycles. The zero-order chi connectivity index (χ0) is 8.43. The van der Waals surface area contributed by atoms with Crippen LogP contribution >= 0.6 is 0 Å².